The molecule has 4 nitrogen and oxygen atoms in total. The average Bonchev–Trinajstić information content (AvgIpc) is 2.87. The van der Waals surface area contributed by atoms with E-state index in [0.29, 0.717) is 30.1 Å². The summed E-state index contributed by atoms with van der Waals surface area (Å²) >= 11 is 0. The summed E-state index contributed by atoms with van der Waals surface area (Å²) in [6.45, 7) is 8.62. The molecule has 0 heterocycles. The van der Waals surface area contributed by atoms with E-state index < -0.39 is 0 Å². The Morgan fingerprint density at radius 1 is 1.30 bits per heavy atom. The van der Waals surface area contributed by atoms with Crippen LogP contribution in [0.2, 0.25) is 0 Å². The Morgan fingerprint density at radius 3 is 2.74 bits per heavy atom. The second-order valence-corrected chi connectivity index (χ2v) is 9.78. The van der Waals surface area contributed by atoms with Crippen molar-refractivity contribution >= 4 is 11.8 Å². The summed E-state index contributed by atoms with van der Waals surface area (Å²) in [5.74, 6) is 1.49. The molecule has 0 saturated heterocycles. The third-order valence-corrected chi connectivity index (χ3v) is 8.42. The van der Waals surface area contributed by atoms with Crippen molar-refractivity contribution in [2.45, 2.75) is 72.3 Å². The number of hydrogen-bond donors (Lipinski definition) is 1. The highest BCUT2D eigenvalue weighted by atomic mass is 16.5. The number of aliphatic hydroxyl groups excluding tert-OH is 1. The van der Waals surface area contributed by atoms with Crippen LogP contribution in [0.3, 0.4) is 0 Å². The van der Waals surface area contributed by atoms with Gasteiger partial charge >= 0.3 is 5.97 Å². The number of rotatable bonds is 2. The van der Waals surface area contributed by atoms with Crippen LogP contribution in [-0.4, -0.2) is 23.0 Å². The third-order valence-electron chi connectivity index (χ3n) is 8.42. The second kappa shape index (κ2) is 6.22. The number of hydrogen-bond acceptors (Lipinski definition) is 4. The quantitative estimate of drug-likeness (QED) is 0.711. The van der Waals surface area contributed by atoms with Crippen LogP contribution in [0.25, 0.3) is 0 Å². The van der Waals surface area contributed by atoms with Crippen LogP contribution in [0.5, 0.6) is 0 Å². The van der Waals surface area contributed by atoms with Gasteiger partial charge in [-0.05, 0) is 67.9 Å². The molecule has 148 valence electrons. The van der Waals surface area contributed by atoms with Crippen molar-refractivity contribution in [2.75, 3.05) is 0 Å². The predicted molar refractivity (Wildman–Crippen MR) is 103 cm³/mol. The van der Waals surface area contributed by atoms with Crippen molar-refractivity contribution in [2.24, 2.45) is 34.5 Å². The van der Waals surface area contributed by atoms with Crippen molar-refractivity contribution in [3.63, 3.8) is 0 Å². The minimum atomic E-state index is -0.248. The molecule has 27 heavy (non-hydrogen) atoms. The average molecular weight is 373 g/mol. The molecule has 1 unspecified atom stereocenters. The second-order valence-electron chi connectivity index (χ2n) is 9.78. The molecule has 3 saturated carbocycles. The van der Waals surface area contributed by atoms with Gasteiger partial charge in [0.15, 0.2) is 5.76 Å². The van der Waals surface area contributed by atoms with E-state index in [0.717, 1.165) is 32.1 Å². The number of fused-ring (bicyclic) bond motifs is 5. The van der Waals surface area contributed by atoms with Crippen molar-refractivity contribution in [3.05, 3.63) is 23.5 Å². The van der Waals surface area contributed by atoms with Gasteiger partial charge in [0, 0.05) is 17.3 Å². The van der Waals surface area contributed by atoms with E-state index in [1.165, 1.54) is 5.57 Å². The van der Waals surface area contributed by atoms with Gasteiger partial charge in [-0.1, -0.05) is 33.3 Å². The lowest BCUT2D eigenvalue weighted by Crippen LogP contribution is -2.51. The van der Waals surface area contributed by atoms with Gasteiger partial charge in [-0.25, -0.2) is 0 Å². The summed E-state index contributed by atoms with van der Waals surface area (Å²) in [5, 5.41) is 10.1. The topological polar surface area (TPSA) is 63.6 Å². The lowest BCUT2D eigenvalue weighted by atomic mass is 9.48. The van der Waals surface area contributed by atoms with Gasteiger partial charge in [0.1, 0.15) is 6.10 Å². The van der Waals surface area contributed by atoms with E-state index in [2.05, 4.69) is 20.8 Å². The Labute approximate surface area is 162 Å². The fourth-order valence-corrected chi connectivity index (χ4v) is 7.07. The van der Waals surface area contributed by atoms with Crippen LogP contribution in [0, 0.1) is 34.5 Å². The van der Waals surface area contributed by atoms with Gasteiger partial charge in [-0.3, -0.25) is 9.59 Å². The molecular formula is C23H32O4. The Kier molecular flexibility index (Phi) is 4.32. The maximum absolute atomic E-state index is 12.0. The minimum Gasteiger partial charge on any atom is -0.504 e. The number of carbonyl (C=O) groups is 2. The number of allylic oxidation sites excluding steroid dienone is 3. The summed E-state index contributed by atoms with van der Waals surface area (Å²) in [5.41, 5.74) is 1.01. The lowest BCUT2D eigenvalue weighted by Gasteiger charge is -2.56. The molecule has 0 aliphatic heterocycles. The summed E-state index contributed by atoms with van der Waals surface area (Å²) in [6, 6.07) is 0. The monoisotopic (exact) mass is 372 g/mol. The zero-order valence-corrected chi connectivity index (χ0v) is 17.0. The molecular weight excluding hydrogens is 340 g/mol. The van der Waals surface area contributed by atoms with Gasteiger partial charge in [0.25, 0.3) is 0 Å². The first-order chi connectivity index (χ1) is 12.7. The lowest BCUT2D eigenvalue weighted by molar-refractivity contribution is -0.161. The van der Waals surface area contributed by atoms with Gasteiger partial charge in [-0.15, -0.1) is 0 Å². The molecule has 3 fully saturated rings. The van der Waals surface area contributed by atoms with Gasteiger partial charge < -0.3 is 9.84 Å². The molecule has 7 atom stereocenters. The van der Waals surface area contributed by atoms with E-state index in [9.17, 15) is 14.7 Å². The summed E-state index contributed by atoms with van der Waals surface area (Å²) in [6.07, 6.45) is 9.16. The van der Waals surface area contributed by atoms with Crippen molar-refractivity contribution in [3.8, 4) is 0 Å². The fraction of sp³-hybridized carbons (Fsp3) is 0.739. The molecule has 0 spiro atoms. The van der Waals surface area contributed by atoms with Crippen molar-refractivity contribution in [1.82, 2.24) is 0 Å². The maximum Gasteiger partial charge on any atom is 0.305 e. The van der Waals surface area contributed by atoms with E-state index >= 15 is 0 Å². The Balaban J connectivity index is 1.65. The first-order valence-electron chi connectivity index (χ1n) is 10.6. The van der Waals surface area contributed by atoms with Crippen LogP contribution in [0.1, 0.15) is 66.2 Å². The largest absolute Gasteiger partial charge is 0.504 e. The van der Waals surface area contributed by atoms with Gasteiger partial charge in [0.2, 0.25) is 5.78 Å². The summed E-state index contributed by atoms with van der Waals surface area (Å²) in [4.78, 5) is 24.0. The SMILES string of the molecule is CCC(=O)O[C@@H]1C(C)C[C@H]2[C@@H]3CCC4=CC(=O)C(O)=C[C@]4(C)[C@H]3CC[C@]12C. The number of ether oxygens (including phenoxy) is 1. The molecule has 0 aromatic heterocycles. The van der Waals surface area contributed by atoms with Crippen LogP contribution in [0.4, 0.5) is 0 Å². The molecule has 0 amide bonds. The zero-order valence-electron chi connectivity index (χ0n) is 17.0. The first-order valence-corrected chi connectivity index (χ1v) is 10.6. The highest BCUT2D eigenvalue weighted by Gasteiger charge is 2.61. The van der Waals surface area contributed by atoms with Crippen LogP contribution >= 0.6 is 0 Å². The number of aliphatic hydroxyl groups is 1. The molecule has 4 aliphatic rings. The highest BCUT2D eigenvalue weighted by Crippen LogP contribution is 2.66. The van der Waals surface area contributed by atoms with E-state index in [1.54, 1.807) is 6.08 Å². The third kappa shape index (κ3) is 2.62. The molecule has 0 aromatic rings. The minimum absolute atomic E-state index is 0.0116. The van der Waals surface area contributed by atoms with Crippen molar-refractivity contribution in [1.29, 1.82) is 0 Å². The maximum atomic E-state index is 12.0. The molecule has 4 heteroatoms. The summed E-state index contributed by atoms with van der Waals surface area (Å²) in [7, 11) is 0. The Bertz CT molecular complexity index is 735. The highest BCUT2D eigenvalue weighted by molar-refractivity contribution is 6.04. The normalized spacial score (nSPS) is 45.9. The van der Waals surface area contributed by atoms with Crippen LogP contribution < -0.4 is 0 Å². The standard InChI is InChI=1S/C23H32O4/c1-5-20(26)27-21-13(2)10-17-15-7-6-14-11-18(24)19(25)12-23(14,4)16(15)8-9-22(17,21)3/h11-13,15-17,21,25H,5-10H2,1-4H3/t13?,15-,16+,17+,21-,22+,23+/m1/s1. The molecule has 0 bridgehead atoms. The molecule has 4 aliphatic carbocycles. The molecule has 0 aromatic carbocycles. The number of ketones is 1. The Hall–Kier alpha value is -1.58. The van der Waals surface area contributed by atoms with Gasteiger partial charge in [-0.2, -0.15) is 0 Å². The molecule has 1 N–H and O–H groups in total. The van der Waals surface area contributed by atoms with Gasteiger partial charge in [0.05, 0.1) is 0 Å². The predicted octanol–water partition coefficient (Wildman–Crippen LogP) is 4.75. The van der Waals surface area contributed by atoms with Crippen LogP contribution in [0.15, 0.2) is 23.5 Å². The van der Waals surface area contributed by atoms with E-state index in [4.69, 9.17) is 4.74 Å². The summed E-state index contributed by atoms with van der Waals surface area (Å²) < 4.78 is 5.94. The number of carbonyl (C=O) groups excluding carboxylic acids is 2. The smallest absolute Gasteiger partial charge is 0.305 e. The molecule has 4 rings (SSSR count). The molecule has 0 radical (unpaired) electrons. The number of esters is 1. The van der Waals surface area contributed by atoms with E-state index in [-0.39, 0.29) is 34.4 Å². The fourth-order valence-electron chi connectivity index (χ4n) is 7.07. The van der Waals surface area contributed by atoms with Crippen LogP contribution in [-0.2, 0) is 14.3 Å². The van der Waals surface area contributed by atoms with Crippen molar-refractivity contribution < 1.29 is 19.4 Å². The first kappa shape index (κ1) is 18.8. The van der Waals surface area contributed by atoms with E-state index in [1.807, 2.05) is 13.0 Å². The Morgan fingerprint density at radius 2 is 2.04 bits per heavy atom. The zero-order chi connectivity index (χ0) is 19.6.